The van der Waals surface area contributed by atoms with Crippen LogP contribution in [0, 0.1) is 3.57 Å². The highest BCUT2D eigenvalue weighted by Gasteiger charge is 2.33. The van der Waals surface area contributed by atoms with Crippen molar-refractivity contribution in [2.75, 3.05) is 0 Å². The van der Waals surface area contributed by atoms with E-state index in [1.807, 2.05) is 22.6 Å². The van der Waals surface area contributed by atoms with Crippen molar-refractivity contribution in [3.63, 3.8) is 0 Å². The number of carbonyl (C=O) groups excluding carboxylic acids is 2. The molecule has 2 aromatic carbocycles. The summed E-state index contributed by atoms with van der Waals surface area (Å²) in [7, 11) is 0. The summed E-state index contributed by atoms with van der Waals surface area (Å²) in [6.45, 7) is 0.140. The van der Waals surface area contributed by atoms with Gasteiger partial charge in [-0.25, -0.2) is 4.79 Å². The number of phenols is 1. The largest absolute Gasteiger partial charge is 0.506 e. The summed E-state index contributed by atoms with van der Waals surface area (Å²) in [5.41, 5.74) is 1.34. The Morgan fingerprint density at radius 2 is 1.92 bits per heavy atom. The Labute approximate surface area is 170 Å². The normalized spacial score (nSPS) is 15.8. The molecule has 0 bridgehead atoms. The van der Waals surface area contributed by atoms with Gasteiger partial charge in [0.25, 0.3) is 5.91 Å². The Morgan fingerprint density at radius 3 is 2.60 bits per heavy atom. The van der Waals surface area contributed by atoms with Gasteiger partial charge in [0.2, 0.25) is 0 Å². The van der Waals surface area contributed by atoms with Crippen LogP contribution in [-0.2, 0) is 11.3 Å². The van der Waals surface area contributed by atoms with Crippen molar-refractivity contribution >= 4 is 68.1 Å². The summed E-state index contributed by atoms with van der Waals surface area (Å²) in [6.07, 6.45) is 1.46. The monoisotopic (exact) mass is 532 g/mol. The van der Waals surface area contributed by atoms with Crippen LogP contribution in [0.2, 0.25) is 5.02 Å². The van der Waals surface area contributed by atoms with Gasteiger partial charge in [0, 0.05) is 15.1 Å². The highest BCUT2D eigenvalue weighted by atomic mass is 127. The number of imide groups is 1. The minimum atomic E-state index is -0.504. The van der Waals surface area contributed by atoms with Crippen molar-refractivity contribution in [3.8, 4) is 5.75 Å². The molecule has 1 heterocycles. The number of halogens is 3. The average Bonchev–Trinajstić information content (AvgIpc) is 2.81. The first kappa shape index (κ1) is 18.2. The molecule has 5 nitrogen and oxygen atoms in total. The molecule has 0 aliphatic carbocycles. The van der Waals surface area contributed by atoms with Crippen LogP contribution in [0.5, 0.6) is 5.75 Å². The number of carbonyl (C=O) groups is 2. The topological polar surface area (TPSA) is 69.6 Å². The third-order valence-corrected chi connectivity index (χ3v) is 5.11. The third kappa shape index (κ3) is 3.99. The molecule has 0 aromatic heterocycles. The lowest BCUT2D eigenvalue weighted by Gasteiger charge is -2.11. The molecule has 0 unspecified atom stereocenters. The van der Waals surface area contributed by atoms with Crippen LogP contribution in [0.1, 0.15) is 11.1 Å². The van der Waals surface area contributed by atoms with Crippen LogP contribution in [0.4, 0.5) is 4.79 Å². The molecule has 1 saturated heterocycles. The van der Waals surface area contributed by atoms with Gasteiger partial charge in [-0.1, -0.05) is 39.7 Å². The molecule has 0 atom stereocenters. The van der Waals surface area contributed by atoms with Crippen LogP contribution in [0.25, 0.3) is 6.08 Å². The second-order valence-corrected chi connectivity index (χ2v) is 7.85. The van der Waals surface area contributed by atoms with E-state index in [-0.39, 0.29) is 18.0 Å². The molecule has 1 aliphatic heterocycles. The van der Waals surface area contributed by atoms with E-state index in [4.69, 9.17) is 11.6 Å². The van der Waals surface area contributed by atoms with Crippen LogP contribution in [0.3, 0.4) is 0 Å². The maximum absolute atomic E-state index is 12.5. The Kier molecular flexibility index (Phi) is 5.35. The number of rotatable bonds is 3. The number of hydrogen-bond acceptors (Lipinski definition) is 3. The molecule has 2 aromatic rings. The van der Waals surface area contributed by atoms with Crippen molar-refractivity contribution in [2.24, 2.45) is 0 Å². The molecule has 8 heteroatoms. The minimum absolute atomic E-state index is 0.0505. The third-order valence-electron chi connectivity index (χ3n) is 3.57. The fourth-order valence-corrected chi connectivity index (χ4v) is 4.02. The molecule has 2 N–H and O–H groups in total. The van der Waals surface area contributed by atoms with Crippen molar-refractivity contribution in [3.05, 3.63) is 66.3 Å². The summed E-state index contributed by atoms with van der Waals surface area (Å²) in [4.78, 5) is 25.8. The number of aromatic hydroxyl groups is 1. The SMILES string of the molecule is O=C1N/C(=C/c2cc(Br)cc(I)c2O)C(=O)N1Cc1ccc(Cl)cc1. The van der Waals surface area contributed by atoms with E-state index in [9.17, 15) is 14.7 Å². The van der Waals surface area contributed by atoms with Gasteiger partial charge in [-0.2, -0.15) is 0 Å². The highest BCUT2D eigenvalue weighted by Crippen LogP contribution is 2.31. The number of benzene rings is 2. The van der Waals surface area contributed by atoms with E-state index in [2.05, 4.69) is 21.2 Å². The molecule has 0 saturated carbocycles. The molecule has 3 amide bonds. The second kappa shape index (κ2) is 7.35. The van der Waals surface area contributed by atoms with Crippen LogP contribution in [-0.4, -0.2) is 21.9 Å². The molecule has 0 radical (unpaired) electrons. The Hall–Kier alpha value is -1.58. The lowest BCUT2D eigenvalue weighted by Crippen LogP contribution is -2.30. The first-order chi connectivity index (χ1) is 11.8. The summed E-state index contributed by atoms with van der Waals surface area (Å²) in [5, 5.41) is 13.3. The van der Waals surface area contributed by atoms with E-state index >= 15 is 0 Å². The quantitative estimate of drug-likeness (QED) is 0.347. The maximum atomic E-state index is 12.5. The predicted octanol–water partition coefficient (Wildman–Crippen LogP) is 4.51. The van der Waals surface area contributed by atoms with Gasteiger partial charge in [-0.05, 0) is 58.5 Å². The van der Waals surface area contributed by atoms with Gasteiger partial charge < -0.3 is 10.4 Å². The molecule has 0 spiro atoms. The van der Waals surface area contributed by atoms with Crippen molar-refractivity contribution in [1.29, 1.82) is 0 Å². The lowest BCUT2D eigenvalue weighted by atomic mass is 10.1. The molecule has 3 rings (SSSR count). The van der Waals surface area contributed by atoms with Crippen molar-refractivity contribution < 1.29 is 14.7 Å². The molecule has 1 fully saturated rings. The smallest absolute Gasteiger partial charge is 0.329 e. The zero-order valence-electron chi connectivity index (χ0n) is 12.6. The fraction of sp³-hybridized carbons (Fsp3) is 0.0588. The number of hydrogen-bond donors (Lipinski definition) is 2. The van der Waals surface area contributed by atoms with E-state index in [0.29, 0.717) is 14.2 Å². The van der Waals surface area contributed by atoms with Gasteiger partial charge in [-0.3, -0.25) is 9.69 Å². The summed E-state index contributed by atoms with van der Waals surface area (Å²) in [5.74, 6) is -0.399. The number of urea groups is 1. The van der Waals surface area contributed by atoms with Gasteiger partial charge in [0.1, 0.15) is 11.4 Å². The molecule has 128 valence electrons. The van der Waals surface area contributed by atoms with E-state index in [1.165, 1.54) is 6.08 Å². The summed E-state index contributed by atoms with van der Waals surface area (Å²) in [6, 6.07) is 9.84. The van der Waals surface area contributed by atoms with E-state index in [0.717, 1.165) is 14.9 Å². The average molecular weight is 534 g/mol. The standard InChI is InChI=1S/C17H11BrClIN2O3/c18-11-5-10(15(23)13(20)7-11)6-14-16(24)22(17(25)21-14)8-9-1-3-12(19)4-2-9/h1-7,23H,8H2,(H,21,25)/b14-6+. The maximum Gasteiger partial charge on any atom is 0.329 e. The first-order valence-corrected chi connectivity index (χ1v) is 9.37. The number of nitrogens with zero attached hydrogens (tertiary/aromatic N) is 1. The summed E-state index contributed by atoms with van der Waals surface area (Å²) >= 11 is 11.2. The number of phenolic OH excluding ortho intramolecular Hbond substituents is 1. The predicted molar refractivity (Wildman–Crippen MR) is 107 cm³/mol. The van der Waals surface area contributed by atoms with E-state index in [1.54, 1.807) is 36.4 Å². The Morgan fingerprint density at radius 1 is 1.24 bits per heavy atom. The highest BCUT2D eigenvalue weighted by molar-refractivity contribution is 14.1. The zero-order chi connectivity index (χ0) is 18.1. The van der Waals surface area contributed by atoms with Crippen molar-refractivity contribution in [2.45, 2.75) is 6.54 Å². The number of amides is 3. The van der Waals surface area contributed by atoms with Crippen LogP contribution < -0.4 is 5.32 Å². The fourth-order valence-electron chi connectivity index (χ4n) is 2.34. The van der Waals surface area contributed by atoms with Crippen LogP contribution in [0.15, 0.2) is 46.6 Å². The minimum Gasteiger partial charge on any atom is -0.506 e. The lowest BCUT2D eigenvalue weighted by molar-refractivity contribution is -0.123. The molecule has 1 aliphatic rings. The Balaban J connectivity index is 1.87. The molecule has 25 heavy (non-hydrogen) atoms. The molecular formula is C17H11BrClIN2O3. The number of nitrogens with one attached hydrogen (secondary N) is 1. The van der Waals surface area contributed by atoms with Gasteiger partial charge in [0.05, 0.1) is 10.1 Å². The molecular weight excluding hydrogens is 522 g/mol. The van der Waals surface area contributed by atoms with Crippen molar-refractivity contribution in [1.82, 2.24) is 10.2 Å². The van der Waals surface area contributed by atoms with Gasteiger partial charge in [-0.15, -0.1) is 0 Å². The Bertz CT molecular complexity index is 900. The summed E-state index contributed by atoms with van der Waals surface area (Å²) < 4.78 is 1.39. The second-order valence-electron chi connectivity index (χ2n) is 5.33. The first-order valence-electron chi connectivity index (χ1n) is 7.12. The van der Waals surface area contributed by atoms with Gasteiger partial charge >= 0.3 is 6.03 Å². The zero-order valence-corrected chi connectivity index (χ0v) is 17.1. The van der Waals surface area contributed by atoms with Gasteiger partial charge in [0.15, 0.2) is 0 Å². The van der Waals surface area contributed by atoms with Crippen LogP contribution >= 0.6 is 50.1 Å². The van der Waals surface area contributed by atoms with E-state index < -0.39 is 11.9 Å².